The highest BCUT2D eigenvalue weighted by molar-refractivity contribution is 5.98. The molecule has 1 fully saturated rings. The minimum absolute atomic E-state index is 0.129. The van der Waals surface area contributed by atoms with Gasteiger partial charge in [-0.2, -0.15) is 13.2 Å². The topological polar surface area (TPSA) is 36.4 Å². The molecule has 2 heterocycles. The summed E-state index contributed by atoms with van der Waals surface area (Å²) < 4.78 is 37.6. The van der Waals surface area contributed by atoms with E-state index in [0.29, 0.717) is 0 Å². The summed E-state index contributed by atoms with van der Waals surface area (Å²) in [6.45, 7) is 5.01. The molecule has 0 amide bonds. The summed E-state index contributed by atoms with van der Waals surface area (Å²) in [6.07, 6.45) is -4.48. The zero-order chi connectivity index (χ0) is 15.6. The lowest BCUT2D eigenvalue weighted by Gasteiger charge is -2.31. The Morgan fingerprint density at radius 2 is 1.86 bits per heavy atom. The Hall–Kier alpha value is -1.47. The van der Waals surface area contributed by atoms with Gasteiger partial charge in [0.05, 0.1) is 6.54 Å². The van der Waals surface area contributed by atoms with Gasteiger partial charge in [-0.3, -0.25) is 9.69 Å². The van der Waals surface area contributed by atoms with Crippen molar-refractivity contribution >= 4 is 5.78 Å². The standard InChI is InChI=1S/C14H18F3N3O/c1-10-11(3-4-13(18-10)14(15,16)17)12(21)9-20-7-5-19(2)6-8-20/h3-4H,5-9H2,1-2H3. The van der Waals surface area contributed by atoms with Gasteiger partial charge in [-0.05, 0) is 26.1 Å². The summed E-state index contributed by atoms with van der Waals surface area (Å²) in [4.78, 5) is 19.9. The van der Waals surface area contributed by atoms with E-state index in [4.69, 9.17) is 0 Å². The Labute approximate surface area is 121 Å². The lowest BCUT2D eigenvalue weighted by atomic mass is 10.1. The number of rotatable bonds is 3. The third-order valence-corrected chi connectivity index (χ3v) is 3.64. The maximum absolute atomic E-state index is 12.5. The number of carbonyl (C=O) groups is 1. The molecule has 21 heavy (non-hydrogen) atoms. The van der Waals surface area contributed by atoms with Gasteiger partial charge >= 0.3 is 6.18 Å². The molecule has 0 bridgehead atoms. The highest BCUT2D eigenvalue weighted by Gasteiger charge is 2.33. The molecular weight excluding hydrogens is 283 g/mol. The summed E-state index contributed by atoms with van der Waals surface area (Å²) in [5, 5.41) is 0. The van der Waals surface area contributed by atoms with E-state index in [2.05, 4.69) is 9.88 Å². The van der Waals surface area contributed by atoms with Crippen molar-refractivity contribution in [3.63, 3.8) is 0 Å². The molecule has 1 aromatic heterocycles. The Morgan fingerprint density at radius 3 is 2.38 bits per heavy atom. The van der Waals surface area contributed by atoms with Crippen LogP contribution in [0.15, 0.2) is 12.1 Å². The van der Waals surface area contributed by atoms with Gasteiger partial charge in [-0.25, -0.2) is 4.98 Å². The van der Waals surface area contributed by atoms with E-state index in [0.717, 1.165) is 32.2 Å². The van der Waals surface area contributed by atoms with E-state index in [1.54, 1.807) is 0 Å². The number of piperazine rings is 1. The summed E-state index contributed by atoms with van der Waals surface area (Å²) in [7, 11) is 2.02. The first-order valence-corrected chi connectivity index (χ1v) is 6.76. The van der Waals surface area contributed by atoms with Gasteiger partial charge in [0.15, 0.2) is 5.78 Å². The number of ketones is 1. The molecular formula is C14H18F3N3O. The normalized spacial score (nSPS) is 18.0. The van der Waals surface area contributed by atoms with Gasteiger partial charge < -0.3 is 4.90 Å². The van der Waals surface area contributed by atoms with Crippen LogP contribution >= 0.6 is 0 Å². The largest absolute Gasteiger partial charge is 0.433 e. The lowest BCUT2D eigenvalue weighted by molar-refractivity contribution is -0.141. The van der Waals surface area contributed by atoms with Gasteiger partial charge in [-0.1, -0.05) is 0 Å². The molecule has 7 heteroatoms. The summed E-state index contributed by atoms with van der Waals surface area (Å²) in [5.74, 6) is -0.182. The van der Waals surface area contributed by atoms with Crippen LogP contribution in [0.25, 0.3) is 0 Å². The second kappa shape index (κ2) is 6.11. The third-order valence-electron chi connectivity index (χ3n) is 3.64. The average molecular weight is 301 g/mol. The number of aryl methyl sites for hydroxylation is 1. The number of aromatic nitrogens is 1. The van der Waals surface area contributed by atoms with Crippen LogP contribution in [0.3, 0.4) is 0 Å². The van der Waals surface area contributed by atoms with Crippen molar-refractivity contribution < 1.29 is 18.0 Å². The molecule has 116 valence electrons. The van der Waals surface area contributed by atoms with Crippen LogP contribution < -0.4 is 0 Å². The second-order valence-electron chi connectivity index (χ2n) is 5.33. The molecule has 4 nitrogen and oxygen atoms in total. The zero-order valence-electron chi connectivity index (χ0n) is 12.1. The first-order valence-electron chi connectivity index (χ1n) is 6.76. The molecule has 0 radical (unpaired) electrons. The van der Waals surface area contributed by atoms with Crippen molar-refractivity contribution in [1.82, 2.24) is 14.8 Å². The van der Waals surface area contributed by atoms with Gasteiger partial charge in [0, 0.05) is 37.4 Å². The smallest absolute Gasteiger partial charge is 0.304 e. The fourth-order valence-electron chi connectivity index (χ4n) is 2.31. The van der Waals surface area contributed by atoms with Crippen molar-refractivity contribution in [2.24, 2.45) is 0 Å². The molecule has 0 atom stereocenters. The maximum atomic E-state index is 12.5. The number of likely N-dealkylation sites (N-methyl/N-ethyl adjacent to an activating group) is 1. The highest BCUT2D eigenvalue weighted by atomic mass is 19.4. The predicted octanol–water partition coefficient (Wildman–Crippen LogP) is 1.84. The molecule has 1 aromatic rings. The zero-order valence-corrected chi connectivity index (χ0v) is 12.1. The van der Waals surface area contributed by atoms with Crippen LogP contribution in [-0.2, 0) is 6.18 Å². The average Bonchev–Trinajstić information content (AvgIpc) is 2.40. The van der Waals surface area contributed by atoms with Crippen molar-refractivity contribution in [1.29, 1.82) is 0 Å². The van der Waals surface area contributed by atoms with Crippen LogP contribution in [0.5, 0.6) is 0 Å². The Kier molecular flexibility index (Phi) is 4.63. The van der Waals surface area contributed by atoms with Gasteiger partial charge in [0.2, 0.25) is 0 Å². The summed E-state index contributed by atoms with van der Waals surface area (Å²) in [5.41, 5.74) is -0.568. The molecule has 0 unspecified atom stereocenters. The monoisotopic (exact) mass is 301 g/mol. The Balaban J connectivity index is 2.06. The minimum atomic E-state index is -4.48. The van der Waals surface area contributed by atoms with Crippen LogP contribution in [-0.4, -0.2) is 60.3 Å². The molecule has 2 rings (SSSR count). The number of nitrogens with zero attached hydrogens (tertiary/aromatic N) is 3. The minimum Gasteiger partial charge on any atom is -0.304 e. The van der Waals surface area contributed by atoms with Gasteiger partial charge in [0.1, 0.15) is 5.69 Å². The fourth-order valence-corrected chi connectivity index (χ4v) is 2.31. The molecule has 1 aliphatic heterocycles. The SMILES string of the molecule is Cc1nc(C(F)(F)F)ccc1C(=O)CN1CCN(C)CC1. The van der Waals surface area contributed by atoms with Crippen molar-refractivity contribution in [2.45, 2.75) is 13.1 Å². The Bertz CT molecular complexity index is 523. The van der Waals surface area contributed by atoms with E-state index in [1.807, 2.05) is 11.9 Å². The van der Waals surface area contributed by atoms with Crippen molar-refractivity contribution in [3.05, 3.63) is 29.1 Å². The number of alkyl halides is 3. The maximum Gasteiger partial charge on any atom is 0.433 e. The number of hydrogen-bond donors (Lipinski definition) is 0. The van der Waals surface area contributed by atoms with Crippen LogP contribution in [0.1, 0.15) is 21.7 Å². The molecule has 0 N–H and O–H groups in total. The van der Waals surface area contributed by atoms with E-state index >= 15 is 0 Å². The van der Waals surface area contributed by atoms with E-state index in [1.165, 1.54) is 13.0 Å². The third kappa shape index (κ3) is 4.01. The number of carbonyl (C=O) groups excluding carboxylic acids is 1. The van der Waals surface area contributed by atoms with Crippen LogP contribution in [0, 0.1) is 6.92 Å². The van der Waals surface area contributed by atoms with E-state index < -0.39 is 11.9 Å². The molecule has 1 saturated heterocycles. The molecule has 0 aliphatic carbocycles. The lowest BCUT2D eigenvalue weighted by Crippen LogP contribution is -2.46. The van der Waals surface area contributed by atoms with E-state index in [-0.39, 0.29) is 23.6 Å². The first-order chi connectivity index (χ1) is 9.77. The summed E-state index contributed by atoms with van der Waals surface area (Å²) >= 11 is 0. The Morgan fingerprint density at radius 1 is 1.24 bits per heavy atom. The number of Topliss-reactive ketones (excluding diaryl/α,β-unsaturated/α-hetero) is 1. The van der Waals surface area contributed by atoms with Gasteiger partial charge in [0.25, 0.3) is 0 Å². The summed E-state index contributed by atoms with van der Waals surface area (Å²) in [6, 6.07) is 2.09. The van der Waals surface area contributed by atoms with Crippen LogP contribution in [0.2, 0.25) is 0 Å². The second-order valence-corrected chi connectivity index (χ2v) is 5.33. The first kappa shape index (κ1) is 15.9. The number of hydrogen-bond acceptors (Lipinski definition) is 4. The van der Waals surface area contributed by atoms with E-state index in [9.17, 15) is 18.0 Å². The number of pyridine rings is 1. The van der Waals surface area contributed by atoms with Crippen LogP contribution in [0.4, 0.5) is 13.2 Å². The quantitative estimate of drug-likeness (QED) is 0.798. The van der Waals surface area contributed by atoms with Crippen molar-refractivity contribution in [2.75, 3.05) is 39.8 Å². The van der Waals surface area contributed by atoms with Crippen molar-refractivity contribution in [3.8, 4) is 0 Å². The molecule has 1 aliphatic rings. The highest BCUT2D eigenvalue weighted by Crippen LogP contribution is 2.28. The number of halogens is 3. The molecule has 0 spiro atoms. The molecule has 0 aromatic carbocycles. The fraction of sp³-hybridized carbons (Fsp3) is 0.571. The molecule has 0 saturated carbocycles. The predicted molar refractivity (Wildman–Crippen MR) is 72.2 cm³/mol. The van der Waals surface area contributed by atoms with Gasteiger partial charge in [-0.15, -0.1) is 0 Å².